The van der Waals surface area contributed by atoms with E-state index in [1.807, 2.05) is 31.2 Å². The first-order valence-electron chi connectivity index (χ1n) is 4.65. The summed E-state index contributed by atoms with van der Waals surface area (Å²) >= 11 is 5.98. The summed E-state index contributed by atoms with van der Waals surface area (Å²) in [5.74, 6) is 0. The predicted molar refractivity (Wildman–Crippen MR) is 55.5 cm³/mol. The molecule has 1 saturated heterocycles. The molecule has 76 valence electrons. The molecule has 1 aromatic carbocycles. The van der Waals surface area contributed by atoms with Gasteiger partial charge in [0.05, 0.1) is 19.8 Å². The molecule has 1 aliphatic heterocycles. The summed E-state index contributed by atoms with van der Waals surface area (Å²) in [7, 11) is 0. The molecule has 1 aliphatic rings. The van der Waals surface area contributed by atoms with Gasteiger partial charge in [-0.25, -0.2) is 0 Å². The van der Waals surface area contributed by atoms with Gasteiger partial charge >= 0.3 is 0 Å². The van der Waals surface area contributed by atoms with Gasteiger partial charge in [-0.3, -0.25) is 0 Å². The second-order valence-corrected chi connectivity index (χ2v) is 4.23. The first-order chi connectivity index (χ1) is 6.70. The van der Waals surface area contributed by atoms with Gasteiger partial charge in [0.2, 0.25) is 0 Å². The van der Waals surface area contributed by atoms with Crippen molar-refractivity contribution in [2.75, 3.05) is 13.2 Å². The molecule has 1 fully saturated rings. The maximum atomic E-state index is 5.98. The Hall–Kier alpha value is -0.570. The van der Waals surface area contributed by atoms with Crippen molar-refractivity contribution in [3.63, 3.8) is 0 Å². The maximum absolute atomic E-state index is 5.98. The van der Waals surface area contributed by atoms with Crippen LogP contribution in [0.5, 0.6) is 0 Å². The molecule has 3 heteroatoms. The van der Waals surface area contributed by atoms with Crippen LogP contribution in [0.1, 0.15) is 12.5 Å². The van der Waals surface area contributed by atoms with Crippen LogP contribution in [0.4, 0.5) is 0 Å². The number of rotatable bonds is 4. The third-order valence-electron chi connectivity index (χ3n) is 2.26. The second kappa shape index (κ2) is 3.89. The highest BCUT2D eigenvalue weighted by Crippen LogP contribution is 2.26. The number of ether oxygens (including phenoxy) is 2. The fraction of sp³-hybridized carbons (Fsp3) is 0.455. The Labute approximate surface area is 88.8 Å². The molecule has 0 aromatic heterocycles. The van der Waals surface area contributed by atoms with Crippen LogP contribution >= 0.6 is 11.6 Å². The van der Waals surface area contributed by atoms with Gasteiger partial charge in [0.1, 0.15) is 5.60 Å². The minimum absolute atomic E-state index is 0.0404. The van der Waals surface area contributed by atoms with Crippen LogP contribution in [-0.4, -0.2) is 18.8 Å². The summed E-state index contributed by atoms with van der Waals surface area (Å²) in [6.07, 6.45) is 0. The zero-order valence-corrected chi connectivity index (χ0v) is 8.88. The molecular weight excluding hydrogens is 200 g/mol. The summed E-state index contributed by atoms with van der Waals surface area (Å²) in [6, 6.07) is 7.71. The maximum Gasteiger partial charge on any atom is 0.112 e. The van der Waals surface area contributed by atoms with Gasteiger partial charge in [-0.05, 0) is 18.6 Å². The van der Waals surface area contributed by atoms with Crippen LogP contribution in [0.25, 0.3) is 0 Å². The Kier molecular flexibility index (Phi) is 2.77. The lowest BCUT2D eigenvalue weighted by Crippen LogP contribution is -2.14. The highest BCUT2D eigenvalue weighted by Gasteiger charge is 2.39. The van der Waals surface area contributed by atoms with Gasteiger partial charge < -0.3 is 9.47 Å². The summed E-state index contributed by atoms with van der Waals surface area (Å²) in [5, 5.41) is 0.759. The van der Waals surface area contributed by atoms with Gasteiger partial charge in [0.25, 0.3) is 0 Å². The summed E-state index contributed by atoms with van der Waals surface area (Å²) in [4.78, 5) is 0. The van der Waals surface area contributed by atoms with Gasteiger partial charge in [0, 0.05) is 5.02 Å². The van der Waals surface area contributed by atoms with Crippen molar-refractivity contribution in [1.29, 1.82) is 0 Å². The average Bonchev–Trinajstić information content (AvgIpc) is 2.88. The molecule has 1 aromatic rings. The van der Waals surface area contributed by atoms with Crippen molar-refractivity contribution >= 4 is 11.6 Å². The van der Waals surface area contributed by atoms with Crippen LogP contribution in [0.3, 0.4) is 0 Å². The first-order valence-corrected chi connectivity index (χ1v) is 5.03. The van der Waals surface area contributed by atoms with Crippen LogP contribution in [-0.2, 0) is 16.1 Å². The molecule has 0 amide bonds. The molecule has 2 nitrogen and oxygen atoms in total. The second-order valence-electron chi connectivity index (χ2n) is 3.82. The largest absolute Gasteiger partial charge is 0.374 e. The Bertz CT molecular complexity index is 321. The van der Waals surface area contributed by atoms with Gasteiger partial charge in [-0.15, -0.1) is 0 Å². The van der Waals surface area contributed by atoms with Crippen molar-refractivity contribution in [3.8, 4) is 0 Å². The minimum atomic E-state index is -0.0404. The van der Waals surface area contributed by atoms with E-state index in [4.69, 9.17) is 21.1 Å². The highest BCUT2D eigenvalue weighted by molar-refractivity contribution is 6.31. The van der Waals surface area contributed by atoms with Crippen molar-refractivity contribution in [1.82, 2.24) is 0 Å². The number of epoxide rings is 1. The third-order valence-corrected chi connectivity index (χ3v) is 2.63. The molecule has 0 saturated carbocycles. The zero-order chi connectivity index (χ0) is 10.0. The van der Waals surface area contributed by atoms with E-state index in [0.29, 0.717) is 13.2 Å². The molecule has 2 rings (SSSR count). The molecule has 0 bridgehead atoms. The van der Waals surface area contributed by atoms with Gasteiger partial charge in [-0.1, -0.05) is 29.8 Å². The lowest BCUT2D eigenvalue weighted by atomic mass is 10.2. The highest BCUT2D eigenvalue weighted by atomic mass is 35.5. The van der Waals surface area contributed by atoms with E-state index in [9.17, 15) is 0 Å². The van der Waals surface area contributed by atoms with Crippen molar-refractivity contribution in [2.24, 2.45) is 0 Å². The molecule has 0 aliphatic carbocycles. The summed E-state index contributed by atoms with van der Waals surface area (Å²) < 4.78 is 10.7. The molecule has 1 heterocycles. The Balaban J connectivity index is 1.83. The van der Waals surface area contributed by atoms with Crippen molar-refractivity contribution in [3.05, 3.63) is 34.9 Å². The smallest absolute Gasteiger partial charge is 0.112 e. The number of halogens is 1. The molecule has 0 N–H and O–H groups in total. The lowest BCUT2D eigenvalue weighted by Gasteiger charge is -2.07. The molecule has 0 spiro atoms. The Morgan fingerprint density at radius 3 is 2.86 bits per heavy atom. The van der Waals surface area contributed by atoms with E-state index in [-0.39, 0.29) is 5.60 Å². The zero-order valence-electron chi connectivity index (χ0n) is 8.13. The number of benzene rings is 1. The number of hydrogen-bond donors (Lipinski definition) is 0. The van der Waals surface area contributed by atoms with E-state index in [0.717, 1.165) is 17.2 Å². The molecule has 1 unspecified atom stereocenters. The van der Waals surface area contributed by atoms with Crippen molar-refractivity contribution < 1.29 is 9.47 Å². The lowest BCUT2D eigenvalue weighted by molar-refractivity contribution is 0.0743. The third kappa shape index (κ3) is 2.47. The topological polar surface area (TPSA) is 21.8 Å². The van der Waals surface area contributed by atoms with Gasteiger partial charge in [-0.2, -0.15) is 0 Å². The average molecular weight is 213 g/mol. The molecule has 14 heavy (non-hydrogen) atoms. The summed E-state index contributed by atoms with van der Waals surface area (Å²) in [6.45, 7) is 4.03. The monoisotopic (exact) mass is 212 g/mol. The fourth-order valence-corrected chi connectivity index (χ4v) is 1.39. The Morgan fingerprint density at radius 1 is 1.50 bits per heavy atom. The quantitative estimate of drug-likeness (QED) is 0.716. The minimum Gasteiger partial charge on any atom is -0.374 e. The first kappa shape index (κ1) is 9.97. The van der Waals surface area contributed by atoms with Crippen LogP contribution in [0, 0.1) is 0 Å². The molecular formula is C11H13ClO2. The van der Waals surface area contributed by atoms with E-state index in [1.54, 1.807) is 0 Å². The van der Waals surface area contributed by atoms with Crippen LogP contribution in [0.2, 0.25) is 5.02 Å². The van der Waals surface area contributed by atoms with Crippen LogP contribution < -0.4 is 0 Å². The van der Waals surface area contributed by atoms with E-state index >= 15 is 0 Å². The predicted octanol–water partition coefficient (Wildman–Crippen LogP) is 2.65. The fourth-order valence-electron chi connectivity index (χ4n) is 1.20. The van der Waals surface area contributed by atoms with E-state index in [2.05, 4.69) is 0 Å². The van der Waals surface area contributed by atoms with E-state index in [1.165, 1.54) is 0 Å². The van der Waals surface area contributed by atoms with Crippen LogP contribution in [0.15, 0.2) is 24.3 Å². The SMILES string of the molecule is CC1(COCc2ccccc2Cl)CO1. The molecule has 0 radical (unpaired) electrons. The molecule has 1 atom stereocenters. The number of hydrogen-bond acceptors (Lipinski definition) is 2. The normalized spacial score (nSPS) is 25.0. The standard InChI is InChI=1S/C11H13ClO2/c1-11(8-14-11)7-13-6-9-4-2-3-5-10(9)12/h2-5H,6-8H2,1H3. The Morgan fingerprint density at radius 2 is 2.21 bits per heavy atom. The van der Waals surface area contributed by atoms with Crippen molar-refractivity contribution in [2.45, 2.75) is 19.1 Å². The summed E-state index contributed by atoms with van der Waals surface area (Å²) in [5.41, 5.74) is 0.986. The van der Waals surface area contributed by atoms with E-state index < -0.39 is 0 Å². The van der Waals surface area contributed by atoms with Gasteiger partial charge in [0.15, 0.2) is 0 Å².